The first-order valence-electron chi connectivity index (χ1n) is 8.79. The number of carbonyl (C=O) groups is 3. The van der Waals surface area contributed by atoms with Crippen molar-refractivity contribution in [3.63, 3.8) is 0 Å². The number of ketones is 2. The molecule has 0 amide bonds. The van der Waals surface area contributed by atoms with Gasteiger partial charge in [0.05, 0.1) is 12.1 Å². The van der Waals surface area contributed by atoms with Gasteiger partial charge in [0, 0.05) is 21.9 Å². The standard InChI is InChI=1S/C21H25NO4S/c1-12-6-7-17(10-13(12)2)27-9-8-19(25)26-11-18(24)21-14(3)20(16(5)23)15(4)22-21/h6-7,10,22H,8-9,11H2,1-5H3. The van der Waals surface area contributed by atoms with Crippen molar-refractivity contribution in [3.8, 4) is 0 Å². The molecule has 27 heavy (non-hydrogen) atoms. The summed E-state index contributed by atoms with van der Waals surface area (Å²) < 4.78 is 5.10. The fraction of sp³-hybridized carbons (Fsp3) is 0.381. The number of nitrogens with one attached hydrogen (secondary N) is 1. The summed E-state index contributed by atoms with van der Waals surface area (Å²) in [7, 11) is 0. The number of aromatic nitrogens is 1. The normalized spacial score (nSPS) is 10.7. The molecule has 2 rings (SSSR count). The van der Waals surface area contributed by atoms with Crippen LogP contribution in [0.2, 0.25) is 0 Å². The zero-order chi connectivity index (χ0) is 20.1. The van der Waals surface area contributed by atoms with Crippen LogP contribution in [0.4, 0.5) is 0 Å². The Hall–Kier alpha value is -2.34. The molecule has 1 N–H and O–H groups in total. The van der Waals surface area contributed by atoms with Crippen LogP contribution in [0.1, 0.15) is 56.6 Å². The van der Waals surface area contributed by atoms with Gasteiger partial charge in [-0.3, -0.25) is 14.4 Å². The largest absolute Gasteiger partial charge is 0.457 e. The SMILES string of the molecule is CC(=O)c1c(C)[nH]c(C(=O)COC(=O)CCSc2ccc(C)c(C)c2)c1C. The number of H-pyrrole nitrogens is 1. The highest BCUT2D eigenvalue weighted by molar-refractivity contribution is 7.99. The maximum absolute atomic E-state index is 12.3. The van der Waals surface area contributed by atoms with Gasteiger partial charge in [0.1, 0.15) is 0 Å². The Labute approximate surface area is 163 Å². The first-order valence-corrected chi connectivity index (χ1v) is 9.78. The summed E-state index contributed by atoms with van der Waals surface area (Å²) in [6.07, 6.45) is 0.228. The predicted octanol–water partition coefficient (Wildman–Crippen LogP) is 4.36. The molecule has 0 unspecified atom stereocenters. The number of aromatic amines is 1. The maximum atomic E-state index is 12.3. The van der Waals surface area contributed by atoms with E-state index in [1.165, 1.54) is 18.1 Å². The molecule has 1 aromatic carbocycles. The molecular formula is C21H25NO4S. The second-order valence-corrected chi connectivity index (χ2v) is 7.78. The number of thioether (sulfide) groups is 1. The monoisotopic (exact) mass is 387 g/mol. The van der Waals surface area contributed by atoms with Crippen molar-refractivity contribution in [3.05, 3.63) is 51.8 Å². The van der Waals surface area contributed by atoms with Crippen LogP contribution in [-0.2, 0) is 9.53 Å². The van der Waals surface area contributed by atoms with E-state index < -0.39 is 5.97 Å². The summed E-state index contributed by atoms with van der Waals surface area (Å²) in [6, 6.07) is 6.19. The van der Waals surface area contributed by atoms with E-state index in [1.54, 1.807) is 25.6 Å². The number of esters is 1. The van der Waals surface area contributed by atoms with Crippen LogP contribution in [0.15, 0.2) is 23.1 Å². The molecule has 0 bridgehead atoms. The molecule has 0 saturated heterocycles. The van der Waals surface area contributed by atoms with Gasteiger partial charge < -0.3 is 9.72 Å². The van der Waals surface area contributed by atoms with E-state index in [0.717, 1.165) is 4.90 Å². The first-order chi connectivity index (χ1) is 12.7. The summed E-state index contributed by atoms with van der Waals surface area (Å²) in [4.78, 5) is 39.9. The molecule has 0 atom stereocenters. The van der Waals surface area contributed by atoms with Crippen molar-refractivity contribution in [2.45, 2.75) is 45.9 Å². The van der Waals surface area contributed by atoms with Crippen molar-refractivity contribution in [1.82, 2.24) is 4.98 Å². The number of rotatable bonds is 8. The molecule has 6 heteroatoms. The summed E-state index contributed by atoms with van der Waals surface area (Å²) in [5, 5.41) is 0. The highest BCUT2D eigenvalue weighted by atomic mass is 32.2. The summed E-state index contributed by atoms with van der Waals surface area (Å²) in [5.74, 6) is -0.253. The molecule has 0 aliphatic heterocycles. The average molecular weight is 388 g/mol. The van der Waals surface area contributed by atoms with Gasteiger partial charge >= 0.3 is 5.97 Å². The predicted molar refractivity (Wildman–Crippen MR) is 107 cm³/mol. The minimum absolute atomic E-state index is 0.0966. The number of hydrogen-bond acceptors (Lipinski definition) is 5. The molecule has 1 aromatic heterocycles. The Morgan fingerprint density at radius 2 is 1.78 bits per heavy atom. The Morgan fingerprint density at radius 1 is 1.07 bits per heavy atom. The molecule has 0 fully saturated rings. The Bertz CT molecular complexity index is 883. The van der Waals surface area contributed by atoms with Gasteiger partial charge in [-0.05, 0) is 63.4 Å². The molecule has 0 spiro atoms. The third kappa shape index (κ3) is 5.32. The fourth-order valence-electron chi connectivity index (χ4n) is 2.90. The number of aryl methyl sites for hydroxylation is 3. The van der Waals surface area contributed by atoms with E-state index >= 15 is 0 Å². The number of hydrogen-bond donors (Lipinski definition) is 1. The lowest BCUT2D eigenvalue weighted by Crippen LogP contribution is -2.15. The summed E-state index contributed by atoms with van der Waals surface area (Å²) >= 11 is 1.58. The van der Waals surface area contributed by atoms with E-state index in [2.05, 4.69) is 31.0 Å². The van der Waals surface area contributed by atoms with Crippen molar-refractivity contribution in [1.29, 1.82) is 0 Å². The van der Waals surface area contributed by atoms with Gasteiger partial charge in [0.2, 0.25) is 5.78 Å². The quantitative estimate of drug-likeness (QED) is 0.414. The van der Waals surface area contributed by atoms with Gasteiger partial charge in [-0.15, -0.1) is 11.8 Å². The number of ether oxygens (including phenoxy) is 1. The number of carbonyl (C=O) groups excluding carboxylic acids is 3. The first kappa shape index (κ1) is 21.0. The molecule has 144 valence electrons. The zero-order valence-corrected chi connectivity index (χ0v) is 17.2. The summed E-state index contributed by atoms with van der Waals surface area (Å²) in [6.45, 7) is 8.72. The third-order valence-corrected chi connectivity index (χ3v) is 5.48. The molecule has 1 heterocycles. The van der Waals surface area contributed by atoms with Crippen LogP contribution in [0.5, 0.6) is 0 Å². The van der Waals surface area contributed by atoms with Crippen molar-refractivity contribution < 1.29 is 19.1 Å². The second kappa shape index (κ2) is 9.04. The van der Waals surface area contributed by atoms with Crippen molar-refractivity contribution >= 4 is 29.3 Å². The van der Waals surface area contributed by atoms with Crippen molar-refractivity contribution in [2.75, 3.05) is 12.4 Å². The van der Waals surface area contributed by atoms with E-state index in [0.29, 0.717) is 28.3 Å². The second-order valence-electron chi connectivity index (χ2n) is 6.61. The Balaban J connectivity index is 1.83. The van der Waals surface area contributed by atoms with E-state index in [-0.39, 0.29) is 24.6 Å². The average Bonchev–Trinajstić information content (AvgIpc) is 2.90. The Kier molecular flexibility index (Phi) is 7.02. The molecule has 0 radical (unpaired) electrons. The highest BCUT2D eigenvalue weighted by Crippen LogP contribution is 2.22. The van der Waals surface area contributed by atoms with Crippen LogP contribution in [-0.4, -0.2) is 34.9 Å². The van der Waals surface area contributed by atoms with Crippen LogP contribution in [0, 0.1) is 27.7 Å². The molecule has 5 nitrogen and oxygen atoms in total. The fourth-order valence-corrected chi connectivity index (χ4v) is 3.83. The smallest absolute Gasteiger partial charge is 0.307 e. The lowest BCUT2D eigenvalue weighted by molar-refractivity contribution is -0.141. The zero-order valence-electron chi connectivity index (χ0n) is 16.4. The third-order valence-electron chi connectivity index (χ3n) is 4.49. The van der Waals surface area contributed by atoms with Gasteiger partial charge in [-0.1, -0.05) is 6.07 Å². The Morgan fingerprint density at radius 3 is 2.37 bits per heavy atom. The number of benzene rings is 1. The molecular weight excluding hydrogens is 362 g/mol. The van der Waals surface area contributed by atoms with Crippen LogP contribution < -0.4 is 0 Å². The molecule has 0 aliphatic carbocycles. The minimum atomic E-state index is -0.410. The van der Waals surface area contributed by atoms with Gasteiger partial charge in [-0.25, -0.2) is 0 Å². The lowest BCUT2D eigenvalue weighted by Gasteiger charge is -2.06. The minimum Gasteiger partial charge on any atom is -0.457 e. The molecule has 2 aromatic rings. The van der Waals surface area contributed by atoms with Gasteiger partial charge in [0.15, 0.2) is 12.4 Å². The van der Waals surface area contributed by atoms with Gasteiger partial charge in [-0.2, -0.15) is 0 Å². The topological polar surface area (TPSA) is 76.2 Å². The van der Waals surface area contributed by atoms with Crippen LogP contribution in [0.25, 0.3) is 0 Å². The van der Waals surface area contributed by atoms with E-state index in [1.807, 2.05) is 6.07 Å². The lowest BCUT2D eigenvalue weighted by atomic mass is 10.1. The van der Waals surface area contributed by atoms with E-state index in [4.69, 9.17) is 4.74 Å². The maximum Gasteiger partial charge on any atom is 0.307 e. The molecule has 0 saturated carbocycles. The van der Waals surface area contributed by atoms with Gasteiger partial charge in [0.25, 0.3) is 0 Å². The molecule has 0 aliphatic rings. The number of Topliss-reactive ketones (excluding diaryl/α,β-unsaturated/α-hetero) is 2. The van der Waals surface area contributed by atoms with Crippen LogP contribution in [0.3, 0.4) is 0 Å². The highest BCUT2D eigenvalue weighted by Gasteiger charge is 2.20. The van der Waals surface area contributed by atoms with Crippen molar-refractivity contribution in [2.24, 2.45) is 0 Å². The van der Waals surface area contributed by atoms with E-state index in [9.17, 15) is 14.4 Å². The van der Waals surface area contributed by atoms with Crippen LogP contribution >= 0.6 is 11.8 Å². The summed E-state index contributed by atoms with van der Waals surface area (Å²) in [5.41, 5.74) is 4.56.